The predicted molar refractivity (Wildman–Crippen MR) is 54.9 cm³/mol. The van der Waals surface area contributed by atoms with E-state index in [1.807, 2.05) is 0 Å². The molecule has 0 spiro atoms. The van der Waals surface area contributed by atoms with Gasteiger partial charge in [-0.1, -0.05) is 0 Å². The van der Waals surface area contributed by atoms with E-state index >= 15 is 0 Å². The van der Waals surface area contributed by atoms with Crippen LogP contribution in [0.1, 0.15) is 30.9 Å². The van der Waals surface area contributed by atoms with Crippen LogP contribution in [0.3, 0.4) is 0 Å². The summed E-state index contributed by atoms with van der Waals surface area (Å²) in [6, 6.07) is 3.21. The molecule has 0 unspecified atom stereocenters. The van der Waals surface area contributed by atoms with E-state index in [0.29, 0.717) is 12.1 Å². The summed E-state index contributed by atoms with van der Waals surface area (Å²) in [6.45, 7) is 0.264. The average Bonchev–Trinajstić information content (AvgIpc) is 2.80. The van der Waals surface area contributed by atoms with Crippen molar-refractivity contribution in [3.63, 3.8) is 0 Å². The van der Waals surface area contributed by atoms with E-state index in [2.05, 4.69) is 22.1 Å². The summed E-state index contributed by atoms with van der Waals surface area (Å²) in [7, 11) is 0. The third-order valence-electron chi connectivity index (χ3n) is 2.38. The van der Waals surface area contributed by atoms with Crippen molar-refractivity contribution in [1.29, 1.82) is 0 Å². The van der Waals surface area contributed by atoms with Gasteiger partial charge in [0.2, 0.25) is 0 Å². The van der Waals surface area contributed by atoms with Gasteiger partial charge < -0.3 is 10.4 Å². The van der Waals surface area contributed by atoms with Gasteiger partial charge in [-0.2, -0.15) is 11.3 Å². The average molecular weight is 197 g/mol. The molecule has 0 aromatic carbocycles. The molecule has 1 saturated carbocycles. The van der Waals surface area contributed by atoms with Crippen LogP contribution in [-0.2, 0) is 0 Å². The summed E-state index contributed by atoms with van der Waals surface area (Å²) in [5, 5.41) is 16.7. The summed E-state index contributed by atoms with van der Waals surface area (Å²) in [6.07, 6.45) is 3.42. The lowest BCUT2D eigenvalue weighted by Crippen LogP contribution is -2.23. The second-order valence-corrected chi connectivity index (χ2v) is 4.34. The standard InChI is InChI=1S/C10H15NOS/c12-5-3-10(11-9-1-2-9)8-4-6-13-7-8/h4,6-7,9-12H,1-3,5H2/t10-/m1/s1. The second-order valence-electron chi connectivity index (χ2n) is 3.56. The van der Waals surface area contributed by atoms with Crippen molar-refractivity contribution in [1.82, 2.24) is 5.32 Å². The molecule has 1 aromatic heterocycles. The molecule has 1 heterocycles. The molecule has 13 heavy (non-hydrogen) atoms. The fraction of sp³-hybridized carbons (Fsp3) is 0.600. The first-order valence-corrected chi connectivity index (χ1v) is 5.73. The lowest BCUT2D eigenvalue weighted by atomic mass is 10.1. The van der Waals surface area contributed by atoms with E-state index in [1.54, 1.807) is 11.3 Å². The fourth-order valence-electron chi connectivity index (χ4n) is 1.48. The number of aliphatic hydroxyl groups is 1. The van der Waals surface area contributed by atoms with Crippen molar-refractivity contribution in [2.45, 2.75) is 31.3 Å². The van der Waals surface area contributed by atoms with Crippen LogP contribution in [0.15, 0.2) is 16.8 Å². The van der Waals surface area contributed by atoms with Crippen LogP contribution in [-0.4, -0.2) is 17.8 Å². The van der Waals surface area contributed by atoms with Gasteiger partial charge >= 0.3 is 0 Å². The third kappa shape index (κ3) is 2.53. The van der Waals surface area contributed by atoms with Gasteiger partial charge in [0, 0.05) is 18.7 Å². The Morgan fingerprint density at radius 2 is 2.46 bits per heavy atom. The maximum atomic E-state index is 8.93. The molecule has 1 fully saturated rings. The number of nitrogens with one attached hydrogen (secondary N) is 1. The summed E-state index contributed by atoms with van der Waals surface area (Å²) in [5.74, 6) is 0. The van der Waals surface area contributed by atoms with Gasteiger partial charge in [0.25, 0.3) is 0 Å². The Kier molecular flexibility index (Phi) is 2.98. The van der Waals surface area contributed by atoms with Gasteiger partial charge in [0.1, 0.15) is 0 Å². The highest BCUT2D eigenvalue weighted by atomic mass is 32.1. The fourth-order valence-corrected chi connectivity index (χ4v) is 2.20. The van der Waals surface area contributed by atoms with Gasteiger partial charge in [0.15, 0.2) is 0 Å². The minimum Gasteiger partial charge on any atom is -0.396 e. The lowest BCUT2D eigenvalue weighted by molar-refractivity contribution is 0.265. The van der Waals surface area contributed by atoms with Gasteiger partial charge in [-0.3, -0.25) is 0 Å². The molecule has 1 aromatic rings. The highest BCUT2D eigenvalue weighted by Crippen LogP contribution is 2.26. The van der Waals surface area contributed by atoms with Crippen molar-refractivity contribution >= 4 is 11.3 Å². The Morgan fingerprint density at radius 3 is 3.00 bits per heavy atom. The van der Waals surface area contributed by atoms with Crippen molar-refractivity contribution in [3.8, 4) is 0 Å². The Hall–Kier alpha value is -0.380. The maximum absolute atomic E-state index is 8.93. The highest BCUT2D eigenvalue weighted by Gasteiger charge is 2.25. The van der Waals surface area contributed by atoms with Crippen LogP contribution in [0.25, 0.3) is 0 Å². The van der Waals surface area contributed by atoms with E-state index in [9.17, 15) is 0 Å². The topological polar surface area (TPSA) is 32.3 Å². The maximum Gasteiger partial charge on any atom is 0.0449 e. The Bertz CT molecular complexity index is 243. The summed E-state index contributed by atoms with van der Waals surface area (Å²) in [5.41, 5.74) is 1.32. The van der Waals surface area contributed by atoms with Crippen LogP contribution in [0.5, 0.6) is 0 Å². The molecular formula is C10H15NOS. The van der Waals surface area contributed by atoms with Gasteiger partial charge in [-0.25, -0.2) is 0 Å². The van der Waals surface area contributed by atoms with Crippen LogP contribution in [0.2, 0.25) is 0 Å². The molecule has 1 atom stereocenters. The first-order chi connectivity index (χ1) is 6.40. The number of aliphatic hydroxyl groups excluding tert-OH is 1. The Labute approximate surface area is 82.6 Å². The van der Waals surface area contributed by atoms with E-state index in [4.69, 9.17) is 5.11 Å². The van der Waals surface area contributed by atoms with Crippen LogP contribution in [0, 0.1) is 0 Å². The van der Waals surface area contributed by atoms with Crippen molar-refractivity contribution in [3.05, 3.63) is 22.4 Å². The van der Waals surface area contributed by atoms with Crippen molar-refractivity contribution < 1.29 is 5.11 Å². The molecule has 0 bridgehead atoms. The molecule has 0 aliphatic heterocycles. The molecule has 72 valence electrons. The number of thiophene rings is 1. The van der Waals surface area contributed by atoms with Crippen molar-refractivity contribution in [2.24, 2.45) is 0 Å². The van der Waals surface area contributed by atoms with E-state index in [1.165, 1.54) is 18.4 Å². The zero-order chi connectivity index (χ0) is 9.10. The molecule has 0 amide bonds. The minimum atomic E-state index is 0.264. The normalized spacial score (nSPS) is 18.8. The monoisotopic (exact) mass is 197 g/mol. The summed E-state index contributed by atoms with van der Waals surface area (Å²) >= 11 is 1.72. The van der Waals surface area contributed by atoms with Crippen LogP contribution < -0.4 is 5.32 Å². The zero-order valence-electron chi connectivity index (χ0n) is 7.57. The largest absolute Gasteiger partial charge is 0.396 e. The van der Waals surface area contributed by atoms with E-state index < -0.39 is 0 Å². The first kappa shape index (κ1) is 9.19. The lowest BCUT2D eigenvalue weighted by Gasteiger charge is -2.15. The van der Waals surface area contributed by atoms with Crippen molar-refractivity contribution in [2.75, 3.05) is 6.61 Å². The number of hydrogen-bond donors (Lipinski definition) is 2. The molecule has 2 nitrogen and oxygen atoms in total. The first-order valence-electron chi connectivity index (χ1n) is 4.79. The van der Waals surface area contributed by atoms with Gasteiger partial charge in [-0.05, 0) is 41.7 Å². The predicted octanol–water partition coefficient (Wildman–Crippen LogP) is 1.92. The van der Waals surface area contributed by atoms with Gasteiger partial charge in [0.05, 0.1) is 0 Å². The third-order valence-corrected chi connectivity index (χ3v) is 3.08. The van der Waals surface area contributed by atoms with E-state index in [-0.39, 0.29) is 6.61 Å². The highest BCUT2D eigenvalue weighted by molar-refractivity contribution is 7.07. The molecule has 3 heteroatoms. The second kappa shape index (κ2) is 4.22. The molecule has 1 aliphatic carbocycles. The SMILES string of the molecule is OCC[C@@H](NC1CC1)c1ccsc1. The number of hydrogen-bond acceptors (Lipinski definition) is 3. The Morgan fingerprint density at radius 1 is 1.62 bits per heavy atom. The minimum absolute atomic E-state index is 0.264. The molecule has 0 radical (unpaired) electrons. The Balaban J connectivity index is 1.95. The number of rotatable bonds is 5. The van der Waals surface area contributed by atoms with E-state index in [0.717, 1.165) is 6.42 Å². The smallest absolute Gasteiger partial charge is 0.0449 e. The molecular weight excluding hydrogens is 182 g/mol. The molecule has 1 aliphatic rings. The molecule has 2 N–H and O–H groups in total. The quantitative estimate of drug-likeness (QED) is 0.756. The zero-order valence-corrected chi connectivity index (χ0v) is 8.39. The molecule has 2 rings (SSSR count). The molecule has 0 saturated heterocycles. The van der Waals surface area contributed by atoms with Crippen LogP contribution in [0.4, 0.5) is 0 Å². The van der Waals surface area contributed by atoms with Crippen LogP contribution >= 0.6 is 11.3 Å². The summed E-state index contributed by atoms with van der Waals surface area (Å²) in [4.78, 5) is 0. The summed E-state index contributed by atoms with van der Waals surface area (Å²) < 4.78 is 0. The van der Waals surface area contributed by atoms with Gasteiger partial charge in [-0.15, -0.1) is 0 Å².